The van der Waals surface area contributed by atoms with Crippen molar-refractivity contribution in [2.45, 2.75) is 45.3 Å². The predicted octanol–water partition coefficient (Wildman–Crippen LogP) is 3.65. The molecule has 0 saturated carbocycles. The molecule has 3 rings (SSSR count). The quantitative estimate of drug-likeness (QED) is 0.489. The summed E-state index contributed by atoms with van der Waals surface area (Å²) in [5, 5.41) is 12.2. The number of pyridine rings is 1. The summed E-state index contributed by atoms with van der Waals surface area (Å²) in [5.74, 6) is -1.03. The topological polar surface area (TPSA) is 95.0 Å². The Morgan fingerprint density at radius 1 is 1.24 bits per heavy atom. The van der Waals surface area contributed by atoms with Gasteiger partial charge in [0.1, 0.15) is 5.82 Å². The van der Waals surface area contributed by atoms with Crippen LogP contribution in [0.25, 0.3) is 0 Å². The first-order chi connectivity index (χ1) is 16.2. The van der Waals surface area contributed by atoms with Crippen molar-refractivity contribution in [3.05, 3.63) is 52.9 Å². The fourth-order valence-electron chi connectivity index (χ4n) is 3.93. The van der Waals surface area contributed by atoms with Gasteiger partial charge in [0.2, 0.25) is 5.88 Å². The van der Waals surface area contributed by atoms with Gasteiger partial charge < -0.3 is 20.1 Å². The summed E-state index contributed by atoms with van der Waals surface area (Å²) in [5.41, 5.74) is 1.54. The van der Waals surface area contributed by atoms with E-state index in [0.29, 0.717) is 43.3 Å². The fraction of sp³-hybridized carbons (Fsp3) is 0.458. The number of halogens is 2. The summed E-state index contributed by atoms with van der Waals surface area (Å²) in [6, 6.07) is 8.23. The normalized spacial score (nSPS) is 18.5. The van der Waals surface area contributed by atoms with Gasteiger partial charge in [-0.25, -0.2) is 9.37 Å². The molecule has 8 nitrogen and oxygen atoms in total. The number of nitrogens with zero attached hydrogens (tertiary/aromatic N) is 3. The molecule has 0 radical (unpaired) electrons. The minimum atomic E-state index is -0.866. The second kappa shape index (κ2) is 12.0. The first-order valence-electron chi connectivity index (χ1n) is 11.2. The number of aliphatic carboxylic acids is 1. The Morgan fingerprint density at radius 3 is 2.68 bits per heavy atom. The SMILES string of the molecule is C[C@@H]1CN(Cc2ccc(F)cc2)[C@@H](C)CN1C(=O)COc1ncc(Cl)cc1NCCCC(=O)O. The number of aromatic nitrogens is 1. The third-order valence-electron chi connectivity index (χ3n) is 5.77. The molecule has 1 aromatic carbocycles. The van der Waals surface area contributed by atoms with E-state index in [1.807, 2.05) is 11.8 Å². The molecule has 0 aliphatic carbocycles. The molecule has 0 unspecified atom stereocenters. The zero-order chi connectivity index (χ0) is 24.7. The highest BCUT2D eigenvalue weighted by molar-refractivity contribution is 6.30. The van der Waals surface area contributed by atoms with Crippen LogP contribution in [0, 0.1) is 5.82 Å². The van der Waals surface area contributed by atoms with E-state index in [2.05, 4.69) is 22.1 Å². The molecule has 2 heterocycles. The molecule has 1 aromatic heterocycles. The van der Waals surface area contributed by atoms with E-state index in [1.54, 1.807) is 18.2 Å². The number of nitrogens with one attached hydrogen (secondary N) is 1. The first kappa shape index (κ1) is 25.7. The summed E-state index contributed by atoms with van der Waals surface area (Å²) in [7, 11) is 0. The summed E-state index contributed by atoms with van der Waals surface area (Å²) >= 11 is 6.03. The first-order valence-corrected chi connectivity index (χ1v) is 11.6. The van der Waals surface area contributed by atoms with Crippen LogP contribution in [0.2, 0.25) is 5.02 Å². The van der Waals surface area contributed by atoms with Gasteiger partial charge in [0.15, 0.2) is 6.61 Å². The van der Waals surface area contributed by atoms with E-state index in [1.165, 1.54) is 18.3 Å². The molecule has 2 aromatic rings. The molecule has 1 aliphatic heterocycles. The Morgan fingerprint density at radius 2 is 1.97 bits per heavy atom. The van der Waals surface area contributed by atoms with E-state index >= 15 is 0 Å². The molecule has 1 fully saturated rings. The standard InChI is InChI=1S/C24H30ClFN4O4/c1-16-13-30(17(2)12-29(16)14-18-5-7-20(26)8-6-18)22(31)15-34-24-21(10-19(25)11-28-24)27-9-3-4-23(32)33/h5-8,10-11,16-17,27H,3-4,9,12-15H2,1-2H3,(H,32,33)/t16-,17+/m0/s1. The number of piperazine rings is 1. The average Bonchev–Trinajstić information content (AvgIpc) is 2.79. The number of carbonyl (C=O) groups is 2. The van der Waals surface area contributed by atoms with Crippen molar-refractivity contribution in [2.75, 3.05) is 31.6 Å². The zero-order valence-electron chi connectivity index (χ0n) is 19.3. The van der Waals surface area contributed by atoms with Crippen LogP contribution in [-0.4, -0.2) is 70.1 Å². The Kier molecular flexibility index (Phi) is 9.06. The summed E-state index contributed by atoms with van der Waals surface area (Å²) < 4.78 is 18.9. The molecule has 0 spiro atoms. The average molecular weight is 493 g/mol. The smallest absolute Gasteiger partial charge is 0.303 e. The van der Waals surface area contributed by atoms with Gasteiger partial charge in [0.05, 0.1) is 10.7 Å². The zero-order valence-corrected chi connectivity index (χ0v) is 20.1. The van der Waals surface area contributed by atoms with Crippen molar-refractivity contribution >= 4 is 29.2 Å². The molecule has 1 saturated heterocycles. The van der Waals surface area contributed by atoms with Crippen LogP contribution in [-0.2, 0) is 16.1 Å². The van der Waals surface area contributed by atoms with E-state index in [9.17, 15) is 14.0 Å². The second-order valence-corrected chi connectivity index (χ2v) is 8.96. The number of benzene rings is 1. The Labute approximate surface area is 203 Å². The lowest BCUT2D eigenvalue weighted by molar-refractivity contribution is -0.139. The molecule has 0 bridgehead atoms. The lowest BCUT2D eigenvalue weighted by Crippen LogP contribution is -2.58. The summed E-state index contributed by atoms with van der Waals surface area (Å²) in [4.78, 5) is 31.9. The third-order valence-corrected chi connectivity index (χ3v) is 5.97. The highest BCUT2D eigenvalue weighted by atomic mass is 35.5. The molecule has 1 amide bonds. The molecular formula is C24H30ClFN4O4. The minimum Gasteiger partial charge on any atom is -0.481 e. The molecule has 2 N–H and O–H groups in total. The fourth-order valence-corrected chi connectivity index (χ4v) is 4.09. The minimum absolute atomic E-state index is 0.0143. The van der Waals surface area contributed by atoms with Crippen LogP contribution in [0.1, 0.15) is 32.3 Å². The number of anilines is 1. The van der Waals surface area contributed by atoms with Crippen LogP contribution in [0.5, 0.6) is 5.88 Å². The Hall–Kier alpha value is -2.91. The van der Waals surface area contributed by atoms with Crippen molar-refractivity contribution in [3.8, 4) is 5.88 Å². The summed E-state index contributed by atoms with van der Waals surface area (Å²) in [6.07, 6.45) is 1.90. The lowest BCUT2D eigenvalue weighted by atomic mass is 10.1. The maximum absolute atomic E-state index is 13.2. The summed E-state index contributed by atoms with van der Waals surface area (Å²) in [6.45, 7) is 6.24. The highest BCUT2D eigenvalue weighted by Gasteiger charge is 2.32. The number of hydrogen-bond acceptors (Lipinski definition) is 6. The molecule has 10 heteroatoms. The Bertz CT molecular complexity index is 991. The number of carboxylic acid groups (broad SMARTS) is 1. The lowest BCUT2D eigenvalue weighted by Gasteiger charge is -2.44. The van der Waals surface area contributed by atoms with E-state index in [4.69, 9.17) is 21.4 Å². The molecule has 1 aliphatic rings. The van der Waals surface area contributed by atoms with Crippen molar-refractivity contribution in [3.63, 3.8) is 0 Å². The van der Waals surface area contributed by atoms with Crippen molar-refractivity contribution in [1.82, 2.24) is 14.8 Å². The number of carboxylic acids is 1. The number of carbonyl (C=O) groups excluding carboxylic acids is 1. The van der Waals surface area contributed by atoms with Crippen molar-refractivity contribution in [1.29, 1.82) is 0 Å². The number of ether oxygens (including phenoxy) is 1. The van der Waals surface area contributed by atoms with Gasteiger partial charge in [-0.3, -0.25) is 14.5 Å². The second-order valence-electron chi connectivity index (χ2n) is 8.52. The van der Waals surface area contributed by atoms with Crippen LogP contribution < -0.4 is 10.1 Å². The van der Waals surface area contributed by atoms with E-state index < -0.39 is 5.97 Å². The number of hydrogen-bond donors (Lipinski definition) is 2. The molecular weight excluding hydrogens is 463 g/mol. The van der Waals surface area contributed by atoms with Gasteiger partial charge >= 0.3 is 5.97 Å². The molecule has 34 heavy (non-hydrogen) atoms. The molecule has 184 valence electrons. The van der Waals surface area contributed by atoms with Crippen LogP contribution >= 0.6 is 11.6 Å². The van der Waals surface area contributed by atoms with Crippen LogP contribution in [0.4, 0.5) is 10.1 Å². The van der Waals surface area contributed by atoms with E-state index in [0.717, 1.165) is 5.56 Å². The van der Waals surface area contributed by atoms with Gasteiger partial charge in [-0.1, -0.05) is 23.7 Å². The monoisotopic (exact) mass is 492 g/mol. The molecule has 2 atom stereocenters. The number of rotatable bonds is 10. The maximum Gasteiger partial charge on any atom is 0.303 e. The third kappa shape index (κ3) is 7.30. The number of amides is 1. The predicted molar refractivity (Wildman–Crippen MR) is 128 cm³/mol. The van der Waals surface area contributed by atoms with Gasteiger partial charge in [0.25, 0.3) is 5.91 Å². The van der Waals surface area contributed by atoms with Gasteiger partial charge in [-0.15, -0.1) is 0 Å². The Balaban J connectivity index is 1.54. The van der Waals surface area contributed by atoms with Gasteiger partial charge in [-0.05, 0) is 44.0 Å². The van der Waals surface area contributed by atoms with Gasteiger partial charge in [-0.2, -0.15) is 0 Å². The highest BCUT2D eigenvalue weighted by Crippen LogP contribution is 2.26. The van der Waals surface area contributed by atoms with Crippen LogP contribution in [0.3, 0.4) is 0 Å². The van der Waals surface area contributed by atoms with E-state index in [-0.39, 0.29) is 42.7 Å². The van der Waals surface area contributed by atoms with Gasteiger partial charge in [0, 0.05) is 50.9 Å². The van der Waals surface area contributed by atoms with Crippen molar-refractivity contribution < 1.29 is 23.8 Å². The van der Waals surface area contributed by atoms with Crippen LogP contribution in [0.15, 0.2) is 36.5 Å². The maximum atomic E-state index is 13.2. The van der Waals surface area contributed by atoms with Crippen molar-refractivity contribution in [2.24, 2.45) is 0 Å². The largest absolute Gasteiger partial charge is 0.481 e.